The lowest BCUT2D eigenvalue weighted by Gasteiger charge is -2.30. The van der Waals surface area contributed by atoms with Crippen molar-refractivity contribution in [2.24, 2.45) is 0 Å². The van der Waals surface area contributed by atoms with E-state index in [0.29, 0.717) is 32.0 Å². The molecule has 104 valence electrons. The third kappa shape index (κ3) is 3.44. The Morgan fingerprint density at radius 3 is 2.79 bits per heavy atom. The Hall–Kier alpha value is -1.62. The van der Waals surface area contributed by atoms with E-state index in [-0.39, 0.29) is 17.8 Å². The minimum Gasteiger partial charge on any atom is -0.378 e. The summed E-state index contributed by atoms with van der Waals surface area (Å²) >= 11 is 0. The molecule has 1 saturated heterocycles. The SMILES string of the molecule is Cc1ccc(F)cc1NC(C)C(=O)N1CCOCC1. The number of anilines is 1. The predicted octanol–water partition coefficient (Wildman–Crippen LogP) is 1.79. The highest BCUT2D eigenvalue weighted by atomic mass is 19.1. The molecule has 1 aromatic carbocycles. The van der Waals surface area contributed by atoms with E-state index in [1.54, 1.807) is 17.9 Å². The molecule has 1 aromatic rings. The Kier molecular flexibility index (Phi) is 4.37. The molecule has 0 aromatic heterocycles. The second-order valence-electron chi connectivity index (χ2n) is 4.76. The first-order chi connectivity index (χ1) is 9.08. The van der Waals surface area contributed by atoms with Crippen LogP contribution in [0.4, 0.5) is 10.1 Å². The van der Waals surface area contributed by atoms with E-state index in [4.69, 9.17) is 4.74 Å². The quantitative estimate of drug-likeness (QED) is 0.907. The van der Waals surface area contributed by atoms with Crippen LogP contribution < -0.4 is 5.32 Å². The van der Waals surface area contributed by atoms with Gasteiger partial charge in [0.05, 0.1) is 13.2 Å². The molecule has 1 amide bonds. The van der Waals surface area contributed by atoms with Crippen LogP contribution in [-0.2, 0) is 9.53 Å². The first-order valence-corrected chi connectivity index (χ1v) is 6.47. The van der Waals surface area contributed by atoms with Crippen LogP contribution in [0.15, 0.2) is 18.2 Å². The van der Waals surface area contributed by atoms with Crippen molar-refractivity contribution in [1.29, 1.82) is 0 Å². The first-order valence-electron chi connectivity index (χ1n) is 6.47. The van der Waals surface area contributed by atoms with Gasteiger partial charge in [-0.1, -0.05) is 6.07 Å². The highest BCUT2D eigenvalue weighted by Gasteiger charge is 2.22. The standard InChI is InChI=1S/C14H19FN2O2/c1-10-3-4-12(15)9-13(10)16-11(2)14(18)17-5-7-19-8-6-17/h3-4,9,11,16H,5-8H2,1-2H3. The van der Waals surface area contributed by atoms with Crippen molar-refractivity contribution >= 4 is 11.6 Å². The summed E-state index contributed by atoms with van der Waals surface area (Å²) in [6.07, 6.45) is 0. The van der Waals surface area contributed by atoms with Crippen LogP contribution in [-0.4, -0.2) is 43.2 Å². The minimum absolute atomic E-state index is 0.0203. The fourth-order valence-electron chi connectivity index (χ4n) is 2.10. The maximum Gasteiger partial charge on any atom is 0.244 e. The Morgan fingerprint density at radius 1 is 1.42 bits per heavy atom. The summed E-state index contributed by atoms with van der Waals surface area (Å²) in [5.41, 5.74) is 1.58. The summed E-state index contributed by atoms with van der Waals surface area (Å²) in [6, 6.07) is 4.15. The summed E-state index contributed by atoms with van der Waals surface area (Å²) in [4.78, 5) is 14.0. The molecule has 1 fully saturated rings. The molecule has 4 nitrogen and oxygen atoms in total. The van der Waals surface area contributed by atoms with Crippen LogP contribution in [0.2, 0.25) is 0 Å². The average Bonchev–Trinajstić information content (AvgIpc) is 2.43. The number of carbonyl (C=O) groups is 1. The highest BCUT2D eigenvalue weighted by molar-refractivity contribution is 5.84. The second-order valence-corrected chi connectivity index (χ2v) is 4.76. The van der Waals surface area contributed by atoms with Gasteiger partial charge in [-0.2, -0.15) is 0 Å². The van der Waals surface area contributed by atoms with Crippen molar-refractivity contribution in [3.05, 3.63) is 29.6 Å². The van der Waals surface area contributed by atoms with Crippen LogP contribution in [0.3, 0.4) is 0 Å². The summed E-state index contributed by atoms with van der Waals surface area (Å²) in [7, 11) is 0. The number of benzene rings is 1. The van der Waals surface area contributed by atoms with Crippen LogP contribution in [0, 0.1) is 12.7 Å². The van der Waals surface area contributed by atoms with Gasteiger partial charge in [-0.15, -0.1) is 0 Å². The third-order valence-corrected chi connectivity index (χ3v) is 3.26. The van der Waals surface area contributed by atoms with E-state index >= 15 is 0 Å². The average molecular weight is 266 g/mol. The van der Waals surface area contributed by atoms with Crippen molar-refractivity contribution in [3.8, 4) is 0 Å². The van der Waals surface area contributed by atoms with Gasteiger partial charge in [0.25, 0.3) is 0 Å². The number of amides is 1. The molecule has 0 bridgehead atoms. The van der Waals surface area contributed by atoms with Crippen molar-refractivity contribution < 1.29 is 13.9 Å². The molecule has 1 aliphatic heterocycles. The zero-order valence-corrected chi connectivity index (χ0v) is 11.3. The van der Waals surface area contributed by atoms with E-state index < -0.39 is 0 Å². The molecule has 1 atom stereocenters. The van der Waals surface area contributed by atoms with Crippen molar-refractivity contribution in [3.63, 3.8) is 0 Å². The fraction of sp³-hybridized carbons (Fsp3) is 0.500. The smallest absolute Gasteiger partial charge is 0.244 e. The van der Waals surface area contributed by atoms with E-state index in [1.807, 2.05) is 6.92 Å². The molecule has 0 radical (unpaired) electrons. The number of hydrogen-bond donors (Lipinski definition) is 1. The van der Waals surface area contributed by atoms with Crippen LogP contribution >= 0.6 is 0 Å². The number of carbonyl (C=O) groups excluding carboxylic acids is 1. The molecule has 1 unspecified atom stereocenters. The van der Waals surface area contributed by atoms with Gasteiger partial charge in [-0.05, 0) is 31.5 Å². The summed E-state index contributed by atoms with van der Waals surface area (Å²) in [6.45, 7) is 6.07. The zero-order chi connectivity index (χ0) is 13.8. The molecule has 0 spiro atoms. The van der Waals surface area contributed by atoms with Gasteiger partial charge in [-0.3, -0.25) is 4.79 Å². The molecule has 1 aliphatic rings. The number of aryl methyl sites for hydroxylation is 1. The lowest BCUT2D eigenvalue weighted by molar-refractivity contribution is -0.135. The molecule has 1 N–H and O–H groups in total. The summed E-state index contributed by atoms with van der Waals surface area (Å²) in [5, 5.41) is 3.08. The van der Waals surface area contributed by atoms with Gasteiger partial charge in [0.1, 0.15) is 11.9 Å². The summed E-state index contributed by atoms with van der Waals surface area (Å²) in [5.74, 6) is -0.286. The molecule has 0 saturated carbocycles. The largest absolute Gasteiger partial charge is 0.378 e. The van der Waals surface area contributed by atoms with Crippen LogP contribution in [0.25, 0.3) is 0 Å². The van der Waals surface area contributed by atoms with Gasteiger partial charge >= 0.3 is 0 Å². The van der Waals surface area contributed by atoms with Gasteiger partial charge in [0, 0.05) is 18.8 Å². The number of hydrogen-bond acceptors (Lipinski definition) is 3. The molecule has 2 rings (SSSR count). The van der Waals surface area contributed by atoms with Crippen molar-refractivity contribution in [2.45, 2.75) is 19.9 Å². The van der Waals surface area contributed by atoms with Crippen LogP contribution in [0.1, 0.15) is 12.5 Å². The maximum atomic E-state index is 13.2. The number of ether oxygens (including phenoxy) is 1. The molecule has 0 aliphatic carbocycles. The topological polar surface area (TPSA) is 41.6 Å². The van der Waals surface area contributed by atoms with E-state index in [0.717, 1.165) is 5.56 Å². The third-order valence-electron chi connectivity index (χ3n) is 3.26. The van der Waals surface area contributed by atoms with Gasteiger partial charge in [0.2, 0.25) is 5.91 Å². The monoisotopic (exact) mass is 266 g/mol. The lowest BCUT2D eigenvalue weighted by Crippen LogP contribution is -2.47. The van der Waals surface area contributed by atoms with Crippen LogP contribution in [0.5, 0.6) is 0 Å². The number of nitrogens with one attached hydrogen (secondary N) is 1. The number of nitrogens with zero attached hydrogens (tertiary/aromatic N) is 1. The molecular formula is C14H19FN2O2. The Morgan fingerprint density at radius 2 is 2.11 bits per heavy atom. The number of morpholine rings is 1. The van der Waals surface area contributed by atoms with Crippen molar-refractivity contribution in [1.82, 2.24) is 4.90 Å². The Balaban J connectivity index is 2.01. The minimum atomic E-state index is -0.376. The number of rotatable bonds is 3. The van der Waals surface area contributed by atoms with Gasteiger partial charge in [0.15, 0.2) is 0 Å². The zero-order valence-electron chi connectivity index (χ0n) is 11.3. The molecule has 5 heteroatoms. The normalized spacial score (nSPS) is 17.1. The van der Waals surface area contributed by atoms with E-state index in [1.165, 1.54) is 12.1 Å². The van der Waals surface area contributed by atoms with Gasteiger partial charge in [-0.25, -0.2) is 4.39 Å². The molecule has 1 heterocycles. The molecule has 19 heavy (non-hydrogen) atoms. The second kappa shape index (κ2) is 6.02. The predicted molar refractivity (Wildman–Crippen MR) is 71.6 cm³/mol. The highest BCUT2D eigenvalue weighted by Crippen LogP contribution is 2.17. The summed E-state index contributed by atoms with van der Waals surface area (Å²) < 4.78 is 18.4. The number of halogens is 1. The Labute approximate surface area is 112 Å². The lowest BCUT2D eigenvalue weighted by atomic mass is 10.1. The van der Waals surface area contributed by atoms with E-state index in [9.17, 15) is 9.18 Å². The van der Waals surface area contributed by atoms with Crippen molar-refractivity contribution in [2.75, 3.05) is 31.6 Å². The van der Waals surface area contributed by atoms with E-state index in [2.05, 4.69) is 5.32 Å². The first kappa shape index (κ1) is 13.8. The fourth-order valence-corrected chi connectivity index (χ4v) is 2.10. The van der Waals surface area contributed by atoms with Gasteiger partial charge < -0.3 is 15.0 Å². The Bertz CT molecular complexity index is 459. The maximum absolute atomic E-state index is 13.2. The molecular weight excluding hydrogens is 247 g/mol.